The second kappa shape index (κ2) is 1.68. The lowest BCUT2D eigenvalue weighted by atomic mass is 15.0. The molecule has 0 aromatic rings. The molecule has 1 atom stereocenters. The van der Waals surface area contributed by atoms with Crippen LogP contribution in [0.2, 0.25) is 0 Å². The smallest absolute Gasteiger partial charge is 0.299 e. The predicted molar refractivity (Wildman–Crippen MR) is 11.6 cm³/mol. The molecule has 0 aliphatic rings. The minimum Gasteiger partial charge on any atom is -0.755 e. The molecular weight excluding hydrogens is 111 g/mol. The zero-order chi connectivity index (χ0) is 5.21. The van der Waals surface area contributed by atoms with Gasteiger partial charge in [-0.15, -0.1) is 4.67 Å². The minimum atomic E-state index is -4.95. The van der Waals surface area contributed by atoms with Gasteiger partial charge in [-0.1, -0.05) is 0 Å². The van der Waals surface area contributed by atoms with Crippen LogP contribution in [0.3, 0.4) is 0 Å². The van der Waals surface area contributed by atoms with E-state index in [-0.39, 0.29) is 0 Å². The van der Waals surface area contributed by atoms with Crippen molar-refractivity contribution >= 4 is 7.82 Å². The van der Waals surface area contributed by atoms with E-state index in [0.717, 1.165) is 0 Å². The van der Waals surface area contributed by atoms with Crippen LogP contribution in [0.15, 0.2) is 0 Å². The molecular formula is HO5P-. The molecule has 6 heteroatoms. The molecule has 0 aliphatic heterocycles. The summed E-state index contributed by atoms with van der Waals surface area (Å²) >= 11 is 0. The lowest BCUT2D eigenvalue weighted by Gasteiger charge is -2.04. The van der Waals surface area contributed by atoms with Gasteiger partial charge in [0.25, 0.3) is 7.82 Å². The van der Waals surface area contributed by atoms with E-state index in [1.807, 2.05) is 0 Å². The Balaban J connectivity index is 3.48. The van der Waals surface area contributed by atoms with Crippen LogP contribution in [0.4, 0.5) is 0 Å². The van der Waals surface area contributed by atoms with Crippen LogP contribution in [-0.4, -0.2) is 4.89 Å². The highest BCUT2D eigenvalue weighted by molar-refractivity contribution is 7.44. The van der Waals surface area contributed by atoms with E-state index in [2.05, 4.69) is 4.67 Å². The zero-order valence-electron chi connectivity index (χ0n) is 2.53. The first kappa shape index (κ1) is 6.07. The van der Waals surface area contributed by atoms with Crippen LogP contribution in [0.1, 0.15) is 0 Å². The van der Waals surface area contributed by atoms with Gasteiger partial charge in [-0.05, 0) is 5.26 Å². The minimum absolute atomic E-state index is 2.24. The van der Waals surface area contributed by atoms with Crippen LogP contribution in [0.5, 0.6) is 0 Å². The summed E-state index contributed by atoms with van der Waals surface area (Å²) in [5, 5.41) is 8.63. The lowest BCUT2D eigenvalue weighted by molar-refractivity contribution is -0.307. The first-order valence-electron chi connectivity index (χ1n) is 0.914. The highest BCUT2D eigenvalue weighted by atomic mass is 31.2. The number of phosphoric acid groups is 1. The number of rotatable bonds is 1. The standard InChI is InChI=1S/H2O5P/c1-5-6(2,3)4/h(H2,2,3,4)/p-1. The summed E-state index contributed by atoms with van der Waals surface area (Å²) in [4.78, 5) is 16.3. The molecule has 1 radical (unpaired) electrons. The van der Waals surface area contributed by atoms with E-state index in [4.69, 9.17) is 19.6 Å². The Kier molecular flexibility index (Phi) is 1.70. The molecule has 0 aromatic heterocycles. The van der Waals surface area contributed by atoms with E-state index in [1.54, 1.807) is 0 Å². The van der Waals surface area contributed by atoms with Crippen molar-refractivity contribution in [2.24, 2.45) is 0 Å². The van der Waals surface area contributed by atoms with Crippen LogP contribution >= 0.6 is 7.82 Å². The van der Waals surface area contributed by atoms with Crippen molar-refractivity contribution in [1.29, 1.82) is 0 Å². The Labute approximate surface area is 33.3 Å². The van der Waals surface area contributed by atoms with Crippen molar-refractivity contribution in [2.75, 3.05) is 0 Å². The maximum atomic E-state index is 9.05. The zero-order valence-corrected chi connectivity index (χ0v) is 3.42. The Bertz CT molecular complexity index is 68.0. The highest BCUT2D eigenvalue weighted by Gasteiger charge is 1.96. The van der Waals surface area contributed by atoms with Crippen molar-refractivity contribution in [3.63, 3.8) is 0 Å². The fourth-order valence-electron chi connectivity index (χ4n) is 0. The van der Waals surface area contributed by atoms with E-state index in [0.29, 0.717) is 0 Å². The Morgan fingerprint density at radius 1 is 1.83 bits per heavy atom. The van der Waals surface area contributed by atoms with Crippen LogP contribution < -0.4 is 4.89 Å². The molecule has 0 heterocycles. The molecule has 0 saturated carbocycles. The summed E-state index contributed by atoms with van der Waals surface area (Å²) in [5.41, 5.74) is 0. The second-order valence-electron chi connectivity index (χ2n) is 0.543. The average molecular weight is 112 g/mol. The Morgan fingerprint density at radius 3 is 2.00 bits per heavy atom. The molecule has 0 rings (SSSR count). The SMILES string of the molecule is [O]OP(=O)([O-])O. The number of hydrogen-bond donors (Lipinski definition) is 1. The second-order valence-corrected chi connectivity index (χ2v) is 1.63. The predicted octanol–water partition coefficient (Wildman–Crippen LogP) is -1.19. The fraction of sp³-hybridized carbons (Fsp3) is 0. The van der Waals surface area contributed by atoms with Gasteiger partial charge in [0.1, 0.15) is 0 Å². The van der Waals surface area contributed by atoms with Gasteiger partial charge in [0.2, 0.25) is 0 Å². The highest BCUT2D eigenvalue weighted by Crippen LogP contribution is 2.27. The topological polar surface area (TPSA) is 89.5 Å². The van der Waals surface area contributed by atoms with Gasteiger partial charge in [0.15, 0.2) is 0 Å². The number of hydrogen-bond acceptors (Lipinski definition) is 3. The van der Waals surface area contributed by atoms with Gasteiger partial charge in [-0.2, -0.15) is 0 Å². The summed E-state index contributed by atoms with van der Waals surface area (Å²) in [6.45, 7) is 0. The quantitative estimate of drug-likeness (QED) is 0.262. The molecule has 1 N–H and O–H groups in total. The third-order valence-electron chi connectivity index (χ3n) is 0.0942. The van der Waals surface area contributed by atoms with Gasteiger partial charge in [0, 0.05) is 0 Å². The van der Waals surface area contributed by atoms with E-state index in [9.17, 15) is 0 Å². The van der Waals surface area contributed by atoms with E-state index in [1.165, 1.54) is 0 Å². The van der Waals surface area contributed by atoms with E-state index >= 15 is 0 Å². The van der Waals surface area contributed by atoms with Crippen molar-refractivity contribution < 1.29 is 24.3 Å². The molecule has 0 bridgehead atoms. The largest absolute Gasteiger partial charge is 0.755 e. The van der Waals surface area contributed by atoms with Crippen LogP contribution in [0.25, 0.3) is 0 Å². The van der Waals surface area contributed by atoms with Crippen LogP contribution in [-0.2, 0) is 14.5 Å². The lowest BCUT2D eigenvalue weighted by Crippen LogP contribution is -1.98. The van der Waals surface area contributed by atoms with Crippen molar-refractivity contribution in [3.8, 4) is 0 Å². The summed E-state index contributed by atoms with van der Waals surface area (Å²) in [6, 6.07) is 0. The average Bonchev–Trinajstić information content (AvgIpc) is 1.35. The molecule has 1 unspecified atom stereocenters. The van der Waals surface area contributed by atoms with Gasteiger partial charge < -0.3 is 9.79 Å². The maximum absolute atomic E-state index is 9.05. The Morgan fingerprint density at radius 2 is 2.00 bits per heavy atom. The third kappa shape index (κ3) is 4.07. The van der Waals surface area contributed by atoms with Crippen LogP contribution in [0, 0.1) is 0 Å². The molecule has 0 fully saturated rings. The fourth-order valence-corrected chi connectivity index (χ4v) is 0. The summed E-state index contributed by atoms with van der Waals surface area (Å²) < 4.78 is 11.3. The maximum Gasteiger partial charge on any atom is 0.299 e. The van der Waals surface area contributed by atoms with Crippen molar-refractivity contribution in [1.82, 2.24) is 0 Å². The molecule has 0 aromatic carbocycles. The summed E-state index contributed by atoms with van der Waals surface area (Å²) in [6.07, 6.45) is 0. The normalized spacial score (nSPS) is 19.8. The molecule has 5 nitrogen and oxygen atoms in total. The van der Waals surface area contributed by atoms with E-state index < -0.39 is 7.82 Å². The van der Waals surface area contributed by atoms with Gasteiger partial charge >= 0.3 is 0 Å². The monoisotopic (exact) mass is 112 g/mol. The molecule has 37 valence electrons. The molecule has 0 spiro atoms. The first-order chi connectivity index (χ1) is 2.56. The van der Waals surface area contributed by atoms with Gasteiger partial charge in [0.05, 0.1) is 0 Å². The summed E-state index contributed by atoms with van der Waals surface area (Å²) in [7, 11) is -4.95. The third-order valence-corrected chi connectivity index (χ3v) is 0.283. The Hall–Kier alpha value is 0.0700. The first-order valence-corrected chi connectivity index (χ1v) is 2.41. The summed E-state index contributed by atoms with van der Waals surface area (Å²) in [5.74, 6) is 0. The van der Waals surface area contributed by atoms with Gasteiger partial charge in [-0.25, -0.2) is 0 Å². The molecule has 0 aliphatic carbocycles. The molecule has 0 amide bonds. The van der Waals surface area contributed by atoms with Crippen molar-refractivity contribution in [2.45, 2.75) is 0 Å². The molecule has 6 heavy (non-hydrogen) atoms. The van der Waals surface area contributed by atoms with Crippen molar-refractivity contribution in [3.05, 3.63) is 0 Å². The molecule has 0 saturated heterocycles. The van der Waals surface area contributed by atoms with Gasteiger partial charge in [-0.3, -0.25) is 4.57 Å².